The molecule has 5 heterocycles. The number of rotatable bonds is 4. The first kappa shape index (κ1) is 19.7. The van der Waals surface area contributed by atoms with Crippen molar-refractivity contribution < 1.29 is 24.0 Å². The summed E-state index contributed by atoms with van der Waals surface area (Å²) in [5.74, 6) is 0.865. The summed E-state index contributed by atoms with van der Waals surface area (Å²) in [5.41, 5.74) is -0.495. The molecule has 3 unspecified atom stereocenters. The summed E-state index contributed by atoms with van der Waals surface area (Å²) in [7, 11) is 0. The fraction of sp³-hybridized carbons (Fsp3) is 1.00. The lowest BCUT2D eigenvalue weighted by atomic mass is 9.58. The van der Waals surface area contributed by atoms with Crippen LogP contribution >= 0.6 is 0 Å². The van der Waals surface area contributed by atoms with Crippen molar-refractivity contribution >= 4 is 0 Å². The number of hydrogen-bond donors (Lipinski definition) is 1. The van der Waals surface area contributed by atoms with E-state index in [2.05, 4.69) is 24.1 Å². The van der Waals surface area contributed by atoms with E-state index in [1.807, 2.05) is 6.92 Å². The molecule has 0 radical (unpaired) electrons. The van der Waals surface area contributed by atoms with E-state index in [1.165, 1.54) is 6.42 Å². The third-order valence-electron chi connectivity index (χ3n) is 8.00. The zero-order valence-electron chi connectivity index (χ0n) is 17.5. The minimum absolute atomic E-state index is 0.246. The largest absolute Gasteiger partial charge is 0.351 e. The van der Waals surface area contributed by atoms with Gasteiger partial charge in [0, 0.05) is 51.0 Å². The monoisotopic (exact) mass is 396 g/mol. The van der Waals surface area contributed by atoms with E-state index in [0.29, 0.717) is 24.4 Å². The van der Waals surface area contributed by atoms with Gasteiger partial charge in [0.2, 0.25) is 5.79 Å². The average molecular weight is 397 g/mol. The molecule has 5 aliphatic heterocycles. The lowest BCUT2D eigenvalue weighted by molar-refractivity contribution is -0.577. The van der Waals surface area contributed by atoms with Crippen molar-refractivity contribution in [1.82, 2.24) is 10.2 Å². The molecule has 1 spiro atoms. The van der Waals surface area contributed by atoms with Crippen molar-refractivity contribution in [3.8, 4) is 0 Å². The van der Waals surface area contributed by atoms with Crippen LogP contribution in [0.2, 0.25) is 0 Å². The lowest BCUT2D eigenvalue weighted by Gasteiger charge is -2.60. The predicted octanol–water partition coefficient (Wildman–Crippen LogP) is 2.12. The van der Waals surface area contributed by atoms with Gasteiger partial charge in [-0.05, 0) is 38.0 Å². The minimum Gasteiger partial charge on any atom is -0.351 e. The van der Waals surface area contributed by atoms with Crippen LogP contribution in [0, 0.1) is 23.7 Å². The number of hydrogen-bond acceptors (Lipinski definition) is 7. The van der Waals surface area contributed by atoms with Gasteiger partial charge in [-0.3, -0.25) is 4.90 Å². The Morgan fingerprint density at radius 1 is 1.07 bits per heavy atom. The summed E-state index contributed by atoms with van der Waals surface area (Å²) in [4.78, 5) is 14.5. The molecular weight excluding hydrogens is 360 g/mol. The highest BCUT2D eigenvalue weighted by Crippen LogP contribution is 2.60. The van der Waals surface area contributed by atoms with Gasteiger partial charge in [0.25, 0.3) is 0 Å². The Balaban J connectivity index is 1.31. The van der Waals surface area contributed by atoms with Crippen LogP contribution in [0.15, 0.2) is 0 Å². The Morgan fingerprint density at radius 2 is 1.89 bits per heavy atom. The van der Waals surface area contributed by atoms with E-state index >= 15 is 0 Å². The van der Waals surface area contributed by atoms with Crippen LogP contribution < -0.4 is 5.32 Å². The van der Waals surface area contributed by atoms with Crippen LogP contribution in [0.3, 0.4) is 0 Å². The normalized spacial score (nSPS) is 51.5. The summed E-state index contributed by atoms with van der Waals surface area (Å²) >= 11 is 0. The van der Waals surface area contributed by atoms with Gasteiger partial charge in [0.15, 0.2) is 18.2 Å². The fourth-order valence-corrected chi connectivity index (χ4v) is 6.30. The first-order valence-electron chi connectivity index (χ1n) is 11.3. The molecule has 6 aliphatic rings. The van der Waals surface area contributed by atoms with Gasteiger partial charge >= 0.3 is 0 Å². The molecule has 160 valence electrons. The van der Waals surface area contributed by atoms with E-state index < -0.39 is 17.7 Å². The molecule has 1 saturated carbocycles. The summed E-state index contributed by atoms with van der Waals surface area (Å²) in [6.45, 7) is 12.5. The number of fused-ring (bicyclic) bond motifs is 2. The van der Waals surface area contributed by atoms with Gasteiger partial charge in [0.1, 0.15) is 0 Å². The quantitative estimate of drug-likeness (QED) is 0.731. The molecule has 1 N–H and O–H groups in total. The van der Waals surface area contributed by atoms with Crippen molar-refractivity contribution in [2.24, 2.45) is 23.7 Å². The van der Waals surface area contributed by atoms with Crippen LogP contribution in [-0.2, 0) is 24.0 Å². The van der Waals surface area contributed by atoms with E-state index in [1.54, 1.807) is 0 Å². The summed E-state index contributed by atoms with van der Waals surface area (Å²) in [6, 6.07) is 0. The maximum Gasteiger partial charge on any atom is 0.201 e. The van der Waals surface area contributed by atoms with Crippen molar-refractivity contribution in [3.05, 3.63) is 0 Å². The van der Waals surface area contributed by atoms with Crippen molar-refractivity contribution in [2.75, 3.05) is 39.3 Å². The molecule has 8 atom stereocenters. The van der Waals surface area contributed by atoms with Gasteiger partial charge in [-0.1, -0.05) is 13.8 Å². The van der Waals surface area contributed by atoms with Crippen LogP contribution in [0.4, 0.5) is 0 Å². The lowest BCUT2D eigenvalue weighted by Crippen LogP contribution is -2.70. The Kier molecular flexibility index (Phi) is 5.23. The Hall–Kier alpha value is -0.280. The third kappa shape index (κ3) is 3.14. The molecular formula is C21H36N2O5. The highest BCUT2D eigenvalue weighted by molar-refractivity contribution is 5.09. The number of piperazine rings is 1. The van der Waals surface area contributed by atoms with E-state index in [4.69, 9.17) is 24.0 Å². The van der Waals surface area contributed by atoms with E-state index in [0.717, 1.165) is 52.0 Å². The average Bonchev–Trinajstić information content (AvgIpc) is 2.92. The standard InChI is InChI=1S/C21H36N2O5/c1-14-4-5-17-15(2)18(24-13-12-23-10-8-22-9-11-23)25-19-21(17)16(14)6-7-20(3,26-19)27-28-21/h14-19,22H,4-13H2,1-3H3/t14-,15-,16?,17?,18+,19-,20?,21-/m1/s1. The Labute approximate surface area is 168 Å². The molecule has 6 fully saturated rings. The highest BCUT2D eigenvalue weighted by atomic mass is 17.3. The topological polar surface area (TPSA) is 61.4 Å². The maximum absolute atomic E-state index is 6.47. The molecule has 28 heavy (non-hydrogen) atoms. The van der Waals surface area contributed by atoms with E-state index in [-0.39, 0.29) is 12.2 Å². The molecule has 0 aromatic rings. The molecule has 0 amide bonds. The zero-order valence-corrected chi connectivity index (χ0v) is 17.5. The van der Waals surface area contributed by atoms with Crippen molar-refractivity contribution in [3.63, 3.8) is 0 Å². The number of nitrogens with one attached hydrogen (secondary N) is 1. The first-order chi connectivity index (χ1) is 13.5. The second kappa shape index (κ2) is 7.45. The molecule has 5 saturated heterocycles. The van der Waals surface area contributed by atoms with Crippen LogP contribution in [-0.4, -0.2) is 68.2 Å². The van der Waals surface area contributed by atoms with Crippen LogP contribution in [0.25, 0.3) is 0 Å². The van der Waals surface area contributed by atoms with Gasteiger partial charge in [-0.15, -0.1) is 0 Å². The van der Waals surface area contributed by atoms with Crippen LogP contribution in [0.5, 0.6) is 0 Å². The molecule has 2 bridgehead atoms. The van der Waals surface area contributed by atoms with Gasteiger partial charge in [-0.2, -0.15) is 0 Å². The summed E-state index contributed by atoms with van der Waals surface area (Å²) < 4.78 is 19.1. The summed E-state index contributed by atoms with van der Waals surface area (Å²) in [5, 5.41) is 3.39. The van der Waals surface area contributed by atoms with Crippen molar-refractivity contribution in [1.29, 1.82) is 0 Å². The SMILES string of the molecule is C[C@@H]1CCC2[C@@H](C)[C@@H](OCCN3CCNCC3)O[C@@H]3OC4(C)CCC1[C@@]23OO4. The molecule has 7 heteroatoms. The molecule has 7 nitrogen and oxygen atoms in total. The van der Waals surface area contributed by atoms with Crippen molar-refractivity contribution in [2.45, 2.75) is 70.4 Å². The number of ether oxygens (including phenoxy) is 3. The highest BCUT2D eigenvalue weighted by Gasteiger charge is 2.69. The van der Waals surface area contributed by atoms with Gasteiger partial charge < -0.3 is 19.5 Å². The van der Waals surface area contributed by atoms with Crippen LogP contribution in [0.1, 0.15) is 46.5 Å². The second-order valence-electron chi connectivity index (χ2n) is 9.74. The molecule has 0 aromatic carbocycles. The third-order valence-corrected chi connectivity index (χ3v) is 8.00. The Morgan fingerprint density at radius 3 is 2.71 bits per heavy atom. The fourth-order valence-electron chi connectivity index (χ4n) is 6.30. The van der Waals surface area contributed by atoms with Gasteiger partial charge in [-0.25, -0.2) is 9.78 Å². The molecule has 0 aromatic heterocycles. The zero-order chi connectivity index (χ0) is 19.4. The minimum atomic E-state index is -0.719. The molecule has 6 rings (SSSR count). The maximum atomic E-state index is 6.47. The van der Waals surface area contributed by atoms with Gasteiger partial charge in [0.05, 0.1) is 6.61 Å². The predicted molar refractivity (Wildman–Crippen MR) is 102 cm³/mol. The Bertz CT molecular complexity index is 573. The number of nitrogens with zero attached hydrogens (tertiary/aromatic N) is 1. The second-order valence-corrected chi connectivity index (χ2v) is 9.74. The smallest absolute Gasteiger partial charge is 0.201 e. The van der Waals surface area contributed by atoms with E-state index in [9.17, 15) is 0 Å². The molecule has 1 aliphatic carbocycles. The first-order valence-corrected chi connectivity index (χ1v) is 11.3. The summed E-state index contributed by atoms with van der Waals surface area (Å²) in [6.07, 6.45) is 3.59.